The Hall–Kier alpha value is -1.19. The van der Waals surface area contributed by atoms with Gasteiger partial charge in [0.05, 0.1) is 6.04 Å². The summed E-state index contributed by atoms with van der Waals surface area (Å²) in [6, 6.07) is -0.511. The fraction of sp³-hybridized carbons (Fsp3) is 0.812. The average molecular weight is 283 g/mol. The zero-order chi connectivity index (χ0) is 15.8. The van der Waals surface area contributed by atoms with Crippen molar-refractivity contribution >= 4 is 17.5 Å². The van der Waals surface area contributed by atoms with Crippen LogP contribution >= 0.6 is 0 Å². The Morgan fingerprint density at radius 2 is 1.60 bits per heavy atom. The fourth-order valence-corrected chi connectivity index (χ4v) is 1.80. The van der Waals surface area contributed by atoms with E-state index in [-0.39, 0.29) is 22.9 Å². The maximum absolute atomic E-state index is 11.9. The lowest BCUT2D eigenvalue weighted by Gasteiger charge is -2.20. The molecule has 1 unspecified atom stereocenters. The van der Waals surface area contributed by atoms with Crippen LogP contribution in [0.1, 0.15) is 73.1 Å². The number of ketones is 2. The molecule has 0 rings (SSSR count). The van der Waals surface area contributed by atoms with Gasteiger partial charge in [0, 0.05) is 25.7 Å². The highest BCUT2D eigenvalue weighted by Gasteiger charge is 2.21. The van der Waals surface area contributed by atoms with E-state index >= 15 is 0 Å². The van der Waals surface area contributed by atoms with Gasteiger partial charge in [0.25, 0.3) is 0 Å². The third kappa shape index (κ3) is 8.83. The van der Waals surface area contributed by atoms with Crippen molar-refractivity contribution in [2.24, 2.45) is 5.41 Å². The second-order valence-corrected chi connectivity index (χ2v) is 6.43. The first-order valence-electron chi connectivity index (χ1n) is 7.53. The van der Waals surface area contributed by atoms with Crippen molar-refractivity contribution < 1.29 is 14.4 Å². The molecule has 4 heteroatoms. The number of carbonyl (C=O) groups is 3. The van der Waals surface area contributed by atoms with Crippen LogP contribution in [0.3, 0.4) is 0 Å². The predicted octanol–water partition coefficient (Wildman–Crippen LogP) is 3.04. The molecule has 0 aromatic rings. The summed E-state index contributed by atoms with van der Waals surface area (Å²) in [5.74, 6) is 0.0246. The first kappa shape index (κ1) is 18.8. The largest absolute Gasteiger partial charge is 0.346 e. The van der Waals surface area contributed by atoms with E-state index < -0.39 is 6.04 Å². The molecule has 0 fully saturated rings. The van der Waals surface area contributed by atoms with Gasteiger partial charge in [0.2, 0.25) is 5.91 Å². The molecule has 0 aliphatic heterocycles. The van der Waals surface area contributed by atoms with Gasteiger partial charge in [0.15, 0.2) is 5.78 Å². The van der Waals surface area contributed by atoms with Gasteiger partial charge in [-0.15, -0.1) is 0 Å². The molecule has 116 valence electrons. The minimum absolute atomic E-state index is 0.00184. The minimum Gasteiger partial charge on any atom is -0.346 e. The third-order valence-electron chi connectivity index (χ3n) is 3.28. The lowest BCUT2D eigenvalue weighted by molar-refractivity contribution is -0.128. The number of rotatable bonds is 9. The van der Waals surface area contributed by atoms with E-state index in [9.17, 15) is 14.4 Å². The first-order valence-corrected chi connectivity index (χ1v) is 7.53. The Balaban J connectivity index is 4.38. The normalized spacial score (nSPS) is 12.8. The molecule has 0 heterocycles. The molecule has 1 atom stereocenters. The van der Waals surface area contributed by atoms with E-state index in [4.69, 9.17) is 0 Å². The van der Waals surface area contributed by atoms with Gasteiger partial charge < -0.3 is 5.32 Å². The van der Waals surface area contributed by atoms with Crippen molar-refractivity contribution in [3.8, 4) is 0 Å². The van der Waals surface area contributed by atoms with Crippen molar-refractivity contribution in [1.29, 1.82) is 0 Å². The molecule has 0 bridgehead atoms. The van der Waals surface area contributed by atoms with Crippen LogP contribution in [0.15, 0.2) is 0 Å². The van der Waals surface area contributed by atoms with Crippen LogP contribution in [-0.4, -0.2) is 23.5 Å². The molecule has 0 aromatic carbocycles. The van der Waals surface area contributed by atoms with Crippen molar-refractivity contribution in [3.63, 3.8) is 0 Å². The van der Waals surface area contributed by atoms with Crippen LogP contribution in [0, 0.1) is 5.41 Å². The van der Waals surface area contributed by atoms with Crippen LogP contribution in [0.2, 0.25) is 0 Å². The van der Waals surface area contributed by atoms with Crippen LogP contribution in [0.25, 0.3) is 0 Å². The van der Waals surface area contributed by atoms with Crippen LogP contribution in [-0.2, 0) is 14.4 Å². The maximum atomic E-state index is 11.9. The smallest absolute Gasteiger partial charge is 0.220 e. The van der Waals surface area contributed by atoms with Crippen molar-refractivity contribution in [2.75, 3.05) is 0 Å². The number of carbonyl (C=O) groups excluding carboxylic acids is 3. The van der Waals surface area contributed by atoms with Crippen LogP contribution in [0.5, 0.6) is 0 Å². The minimum atomic E-state index is -0.511. The zero-order valence-electron chi connectivity index (χ0n) is 13.5. The summed E-state index contributed by atoms with van der Waals surface area (Å²) in [7, 11) is 0. The van der Waals surface area contributed by atoms with E-state index in [2.05, 4.69) is 26.1 Å². The molecular formula is C16H29NO3. The molecule has 1 amide bonds. The van der Waals surface area contributed by atoms with E-state index in [0.717, 1.165) is 6.42 Å². The van der Waals surface area contributed by atoms with E-state index in [1.165, 1.54) is 0 Å². The van der Waals surface area contributed by atoms with Crippen molar-refractivity contribution in [3.05, 3.63) is 0 Å². The van der Waals surface area contributed by atoms with E-state index in [1.807, 2.05) is 0 Å². The number of Topliss-reactive ketones (excluding diaryl/α,β-unsaturated/α-hetero) is 2. The molecule has 0 saturated carbocycles. The molecule has 0 aromatic heterocycles. The third-order valence-corrected chi connectivity index (χ3v) is 3.28. The molecule has 4 nitrogen and oxygen atoms in total. The van der Waals surface area contributed by atoms with Crippen molar-refractivity contribution in [1.82, 2.24) is 5.32 Å². The summed E-state index contributed by atoms with van der Waals surface area (Å²) < 4.78 is 0. The van der Waals surface area contributed by atoms with E-state index in [0.29, 0.717) is 32.1 Å². The highest BCUT2D eigenvalue weighted by Crippen LogP contribution is 2.20. The Bertz CT molecular complexity index is 342. The Labute approximate surface area is 122 Å². The number of nitrogens with one attached hydrogen (secondary N) is 1. The number of hydrogen-bond acceptors (Lipinski definition) is 3. The summed E-state index contributed by atoms with van der Waals surface area (Å²) in [5.41, 5.74) is 0.0970. The fourth-order valence-electron chi connectivity index (χ4n) is 1.80. The Morgan fingerprint density at radius 3 is 2.05 bits per heavy atom. The van der Waals surface area contributed by atoms with Crippen LogP contribution < -0.4 is 5.32 Å². The lowest BCUT2D eigenvalue weighted by atomic mass is 9.90. The summed E-state index contributed by atoms with van der Waals surface area (Å²) >= 11 is 0. The van der Waals surface area contributed by atoms with Gasteiger partial charge in [0.1, 0.15) is 5.78 Å². The molecule has 0 spiro atoms. The SMILES string of the molecule is CCC(=O)CCC(NC(=O)CCC(C)(C)C)C(=O)CC. The highest BCUT2D eigenvalue weighted by atomic mass is 16.2. The summed E-state index contributed by atoms with van der Waals surface area (Å²) in [6.45, 7) is 9.82. The average Bonchev–Trinajstić information content (AvgIpc) is 2.38. The van der Waals surface area contributed by atoms with Gasteiger partial charge in [-0.05, 0) is 18.3 Å². The summed E-state index contributed by atoms with van der Waals surface area (Å²) in [5, 5.41) is 2.78. The highest BCUT2D eigenvalue weighted by molar-refractivity contribution is 5.89. The standard InChI is InChI=1S/C16H29NO3/c1-6-12(18)8-9-13(14(19)7-2)17-15(20)10-11-16(3,4)5/h13H,6-11H2,1-5H3,(H,17,20). The quantitative estimate of drug-likeness (QED) is 0.707. The van der Waals surface area contributed by atoms with Gasteiger partial charge in [-0.1, -0.05) is 34.6 Å². The van der Waals surface area contributed by atoms with Gasteiger partial charge in [-0.3, -0.25) is 14.4 Å². The van der Waals surface area contributed by atoms with Gasteiger partial charge in [-0.2, -0.15) is 0 Å². The Kier molecular flexibility index (Phi) is 8.35. The molecule has 0 radical (unpaired) electrons. The molecule has 0 aliphatic carbocycles. The summed E-state index contributed by atoms with van der Waals surface area (Å²) in [6.07, 6.45) is 2.82. The van der Waals surface area contributed by atoms with Crippen molar-refractivity contribution in [2.45, 2.75) is 79.2 Å². The van der Waals surface area contributed by atoms with E-state index in [1.54, 1.807) is 13.8 Å². The maximum Gasteiger partial charge on any atom is 0.220 e. The predicted molar refractivity (Wildman–Crippen MR) is 80.4 cm³/mol. The second-order valence-electron chi connectivity index (χ2n) is 6.43. The molecule has 0 saturated heterocycles. The monoisotopic (exact) mass is 283 g/mol. The zero-order valence-corrected chi connectivity index (χ0v) is 13.5. The number of hydrogen-bond donors (Lipinski definition) is 1. The molecule has 1 N–H and O–H groups in total. The molecule has 20 heavy (non-hydrogen) atoms. The van der Waals surface area contributed by atoms with Gasteiger partial charge in [-0.25, -0.2) is 0 Å². The summed E-state index contributed by atoms with van der Waals surface area (Å²) in [4.78, 5) is 35.1. The Morgan fingerprint density at radius 1 is 1.00 bits per heavy atom. The molecule has 0 aliphatic rings. The van der Waals surface area contributed by atoms with Crippen LogP contribution in [0.4, 0.5) is 0 Å². The first-order chi connectivity index (χ1) is 9.19. The molecular weight excluding hydrogens is 254 g/mol. The lowest BCUT2D eigenvalue weighted by Crippen LogP contribution is -2.41. The topological polar surface area (TPSA) is 63.2 Å². The second kappa shape index (κ2) is 8.88. The van der Waals surface area contributed by atoms with Gasteiger partial charge >= 0.3 is 0 Å². The number of amides is 1.